The van der Waals surface area contributed by atoms with Gasteiger partial charge >= 0.3 is 17.8 Å². The highest BCUT2D eigenvalue weighted by molar-refractivity contribution is 6.45. The minimum absolute atomic E-state index is 0.147. The fraction of sp³-hybridized carbons (Fsp3) is 0.500. The third-order valence-corrected chi connectivity index (χ3v) is 5.45. The lowest BCUT2D eigenvalue weighted by Crippen LogP contribution is -2.47. The van der Waals surface area contributed by atoms with Crippen molar-refractivity contribution in [1.82, 2.24) is 15.1 Å². The van der Waals surface area contributed by atoms with Crippen LogP contribution in [0.25, 0.3) is 0 Å². The van der Waals surface area contributed by atoms with Crippen molar-refractivity contribution in [3.63, 3.8) is 0 Å². The zero-order valence-corrected chi connectivity index (χ0v) is 16.1. The second-order valence-electron chi connectivity index (χ2n) is 7.27. The van der Waals surface area contributed by atoms with E-state index in [1.165, 1.54) is 7.11 Å². The first-order valence-electron chi connectivity index (χ1n) is 9.51. The largest absolute Gasteiger partial charge is 0.496 e. The summed E-state index contributed by atoms with van der Waals surface area (Å²) in [5.74, 6) is -1.51. The van der Waals surface area contributed by atoms with Gasteiger partial charge in [0.05, 0.1) is 7.11 Å². The van der Waals surface area contributed by atoms with E-state index in [1.807, 2.05) is 19.1 Å². The summed E-state index contributed by atoms with van der Waals surface area (Å²) in [6.07, 6.45) is 3.58. The number of benzene rings is 1. The van der Waals surface area contributed by atoms with Crippen LogP contribution in [-0.2, 0) is 20.9 Å². The molecule has 2 atom stereocenters. The summed E-state index contributed by atoms with van der Waals surface area (Å²) < 4.78 is 5.23. The number of carbonyl (C=O) groups excluding carboxylic acids is 4. The lowest BCUT2D eigenvalue weighted by atomic mass is 9.85. The van der Waals surface area contributed by atoms with Crippen molar-refractivity contribution in [2.24, 2.45) is 5.92 Å². The fourth-order valence-corrected chi connectivity index (χ4v) is 3.88. The molecule has 0 bridgehead atoms. The van der Waals surface area contributed by atoms with Crippen molar-refractivity contribution in [1.29, 1.82) is 0 Å². The van der Waals surface area contributed by atoms with Gasteiger partial charge in [0.25, 0.3) is 0 Å². The van der Waals surface area contributed by atoms with Crippen LogP contribution in [0, 0.1) is 5.92 Å². The molecule has 1 N–H and O–H groups in total. The molecule has 1 saturated carbocycles. The van der Waals surface area contributed by atoms with E-state index >= 15 is 0 Å². The molecule has 5 amide bonds. The van der Waals surface area contributed by atoms with Gasteiger partial charge in [-0.3, -0.25) is 19.3 Å². The Balaban J connectivity index is 1.63. The first-order chi connectivity index (χ1) is 13.4. The Morgan fingerprint density at radius 3 is 2.57 bits per heavy atom. The zero-order valence-electron chi connectivity index (χ0n) is 16.1. The van der Waals surface area contributed by atoms with Crippen molar-refractivity contribution in [2.45, 2.75) is 45.2 Å². The lowest BCUT2D eigenvalue weighted by Gasteiger charge is -2.34. The highest BCUT2D eigenvalue weighted by atomic mass is 16.5. The van der Waals surface area contributed by atoms with Gasteiger partial charge in [-0.2, -0.15) is 0 Å². The van der Waals surface area contributed by atoms with Crippen LogP contribution >= 0.6 is 0 Å². The maximum Gasteiger partial charge on any atom is 0.334 e. The zero-order chi connectivity index (χ0) is 20.3. The average molecular weight is 387 g/mol. The second-order valence-corrected chi connectivity index (χ2v) is 7.27. The van der Waals surface area contributed by atoms with Gasteiger partial charge in [-0.25, -0.2) is 9.69 Å². The van der Waals surface area contributed by atoms with Gasteiger partial charge in [0, 0.05) is 18.2 Å². The minimum atomic E-state index is -0.935. The second kappa shape index (κ2) is 8.41. The minimum Gasteiger partial charge on any atom is -0.496 e. The van der Waals surface area contributed by atoms with Gasteiger partial charge in [0.1, 0.15) is 12.3 Å². The maximum atomic E-state index is 12.7. The van der Waals surface area contributed by atoms with Crippen molar-refractivity contribution < 1.29 is 23.9 Å². The van der Waals surface area contributed by atoms with Gasteiger partial charge < -0.3 is 10.1 Å². The number of methoxy groups -OCH3 is 1. The Bertz CT molecular complexity index is 794. The average Bonchev–Trinajstić information content (AvgIpc) is 2.90. The van der Waals surface area contributed by atoms with Gasteiger partial charge in [-0.1, -0.05) is 38.0 Å². The Morgan fingerprint density at radius 2 is 1.86 bits per heavy atom. The van der Waals surface area contributed by atoms with E-state index in [0.29, 0.717) is 12.2 Å². The molecular formula is C20H25N3O5. The van der Waals surface area contributed by atoms with Crippen molar-refractivity contribution >= 4 is 23.8 Å². The fourth-order valence-electron chi connectivity index (χ4n) is 3.88. The summed E-state index contributed by atoms with van der Waals surface area (Å²) in [6.45, 7) is 1.70. The number of carbonyl (C=O) groups is 4. The highest BCUT2D eigenvalue weighted by Crippen LogP contribution is 2.31. The maximum absolute atomic E-state index is 12.7. The first-order valence-corrected chi connectivity index (χ1v) is 9.51. The third kappa shape index (κ3) is 3.85. The number of hydrogen-bond donors (Lipinski definition) is 1. The lowest BCUT2D eigenvalue weighted by molar-refractivity contribution is -0.145. The van der Waals surface area contributed by atoms with Crippen LogP contribution < -0.4 is 10.1 Å². The summed E-state index contributed by atoms with van der Waals surface area (Å²) in [5.41, 5.74) is 0.770. The molecule has 0 radical (unpaired) electrons. The van der Waals surface area contributed by atoms with Crippen LogP contribution in [0.1, 0.15) is 38.2 Å². The van der Waals surface area contributed by atoms with Crippen LogP contribution in [0.15, 0.2) is 24.3 Å². The Labute approximate surface area is 163 Å². The Kier molecular flexibility index (Phi) is 5.96. The van der Waals surface area contributed by atoms with E-state index in [9.17, 15) is 19.2 Å². The molecule has 1 aromatic rings. The summed E-state index contributed by atoms with van der Waals surface area (Å²) in [6, 6.07) is 6.25. The summed E-state index contributed by atoms with van der Waals surface area (Å²) in [4.78, 5) is 51.5. The Hall–Kier alpha value is -2.90. The molecule has 1 aromatic carbocycles. The number of nitrogens with one attached hydrogen (secondary N) is 1. The third-order valence-electron chi connectivity index (χ3n) is 5.45. The number of ether oxygens (including phenoxy) is 1. The summed E-state index contributed by atoms with van der Waals surface area (Å²) >= 11 is 0. The van der Waals surface area contributed by atoms with Crippen LogP contribution in [0.2, 0.25) is 0 Å². The number of rotatable bonds is 6. The molecular weight excluding hydrogens is 362 g/mol. The molecule has 8 heteroatoms. The van der Waals surface area contributed by atoms with Crippen LogP contribution in [0.5, 0.6) is 5.75 Å². The van der Waals surface area contributed by atoms with Crippen LogP contribution in [0.4, 0.5) is 4.79 Å². The van der Waals surface area contributed by atoms with Gasteiger partial charge in [0.15, 0.2) is 0 Å². The molecule has 150 valence electrons. The predicted octanol–water partition coefficient (Wildman–Crippen LogP) is 1.68. The van der Waals surface area contributed by atoms with E-state index < -0.39 is 30.3 Å². The van der Waals surface area contributed by atoms with E-state index in [2.05, 4.69) is 5.32 Å². The molecule has 1 aliphatic heterocycles. The molecule has 8 nitrogen and oxygen atoms in total. The van der Waals surface area contributed by atoms with Crippen molar-refractivity contribution in [3.05, 3.63) is 29.8 Å². The topological polar surface area (TPSA) is 96.0 Å². The molecule has 1 saturated heterocycles. The number of imide groups is 2. The van der Waals surface area contributed by atoms with E-state index in [-0.39, 0.29) is 18.5 Å². The number of nitrogens with zero attached hydrogens (tertiary/aromatic N) is 2. The SMILES string of the molecule is COc1ccccc1CNC(=O)CN1C(=O)C(=O)N([C@@H]2CCCC[C@@H]2C)C1=O. The predicted molar refractivity (Wildman–Crippen MR) is 100 cm³/mol. The molecule has 0 spiro atoms. The number of amides is 5. The number of para-hydroxylation sites is 1. The Morgan fingerprint density at radius 1 is 1.14 bits per heavy atom. The van der Waals surface area contributed by atoms with Gasteiger partial charge in [-0.15, -0.1) is 0 Å². The molecule has 2 aliphatic rings. The molecule has 0 aromatic heterocycles. The molecule has 1 aliphatic carbocycles. The first kappa shape index (κ1) is 19.9. The number of urea groups is 1. The molecule has 3 rings (SSSR count). The van der Waals surface area contributed by atoms with Gasteiger partial charge in [0.2, 0.25) is 5.91 Å². The van der Waals surface area contributed by atoms with Crippen LogP contribution in [-0.4, -0.2) is 53.2 Å². The summed E-state index contributed by atoms with van der Waals surface area (Å²) in [7, 11) is 1.54. The highest BCUT2D eigenvalue weighted by Gasteiger charge is 2.49. The summed E-state index contributed by atoms with van der Waals surface area (Å²) in [5, 5.41) is 2.66. The normalized spacial score (nSPS) is 22.6. The molecule has 0 unspecified atom stereocenters. The van der Waals surface area contributed by atoms with Gasteiger partial charge in [-0.05, 0) is 24.8 Å². The molecule has 1 heterocycles. The van der Waals surface area contributed by atoms with E-state index in [0.717, 1.165) is 34.6 Å². The van der Waals surface area contributed by atoms with E-state index in [1.54, 1.807) is 12.1 Å². The van der Waals surface area contributed by atoms with Crippen molar-refractivity contribution in [2.75, 3.05) is 13.7 Å². The van der Waals surface area contributed by atoms with E-state index in [4.69, 9.17) is 4.74 Å². The monoisotopic (exact) mass is 387 g/mol. The van der Waals surface area contributed by atoms with Crippen molar-refractivity contribution in [3.8, 4) is 5.75 Å². The quantitative estimate of drug-likeness (QED) is 0.592. The smallest absolute Gasteiger partial charge is 0.334 e. The number of hydrogen-bond acceptors (Lipinski definition) is 5. The molecule has 2 fully saturated rings. The molecule has 28 heavy (non-hydrogen) atoms. The standard InChI is InChI=1S/C20H25N3O5/c1-13-7-3-5-9-15(13)23-19(26)18(25)22(20(23)27)12-17(24)21-11-14-8-4-6-10-16(14)28-2/h4,6,8,10,13,15H,3,5,7,9,11-12H2,1-2H3,(H,21,24)/t13-,15+/m0/s1. The van der Waals surface area contributed by atoms with Crippen LogP contribution in [0.3, 0.4) is 0 Å².